The summed E-state index contributed by atoms with van der Waals surface area (Å²) in [6.45, 7) is 8.30. The van der Waals surface area contributed by atoms with Gasteiger partial charge in [-0.25, -0.2) is 8.42 Å². The third kappa shape index (κ3) is 3.60. The van der Waals surface area contributed by atoms with Crippen LogP contribution in [0, 0.1) is 0 Å². The number of sulfone groups is 1. The number of furan rings is 1. The van der Waals surface area contributed by atoms with Crippen LogP contribution in [0.5, 0.6) is 0 Å². The number of hydrogen-bond donors (Lipinski definition) is 1. The lowest BCUT2D eigenvalue weighted by atomic mass is 10.0. The molecule has 0 radical (unpaired) electrons. The number of aryl methyl sites for hydroxylation is 1. The highest BCUT2D eigenvalue weighted by atomic mass is 32.2. The van der Waals surface area contributed by atoms with Gasteiger partial charge in [-0.3, -0.25) is 0 Å². The van der Waals surface area contributed by atoms with E-state index in [-0.39, 0.29) is 6.04 Å². The van der Waals surface area contributed by atoms with Crippen LogP contribution in [-0.2, 0) is 16.3 Å². The Morgan fingerprint density at radius 1 is 1.32 bits per heavy atom. The van der Waals surface area contributed by atoms with Gasteiger partial charge in [0.05, 0.1) is 10.8 Å². The van der Waals surface area contributed by atoms with Gasteiger partial charge in [0.15, 0.2) is 9.84 Å². The van der Waals surface area contributed by atoms with E-state index >= 15 is 0 Å². The minimum absolute atomic E-state index is 0.331. The van der Waals surface area contributed by atoms with Gasteiger partial charge in [-0.1, -0.05) is 13.8 Å². The topological polar surface area (TPSA) is 59.3 Å². The molecule has 0 saturated heterocycles. The molecule has 0 amide bonds. The fraction of sp³-hybridized carbons (Fsp3) is 0.714. The Hall–Kier alpha value is -0.810. The molecule has 5 heteroatoms. The van der Waals surface area contributed by atoms with E-state index in [1.165, 1.54) is 6.26 Å². The lowest BCUT2D eigenvalue weighted by Crippen LogP contribution is -2.45. The first kappa shape index (κ1) is 16.2. The predicted molar refractivity (Wildman–Crippen MR) is 78.0 cm³/mol. The molecule has 1 N–H and O–H groups in total. The van der Waals surface area contributed by atoms with Crippen LogP contribution in [0.15, 0.2) is 16.5 Å². The van der Waals surface area contributed by atoms with Crippen molar-refractivity contribution in [3.05, 3.63) is 23.7 Å². The lowest BCUT2D eigenvalue weighted by Gasteiger charge is -2.32. The maximum absolute atomic E-state index is 12.0. The SMILES string of the molecule is CCCNC(c1ccc(CC)o1)C(C)(C)S(C)(=O)=O. The molecule has 0 aliphatic heterocycles. The molecular formula is C14H25NO3S. The summed E-state index contributed by atoms with van der Waals surface area (Å²) in [6, 6.07) is 3.45. The highest BCUT2D eigenvalue weighted by Crippen LogP contribution is 2.33. The van der Waals surface area contributed by atoms with Crippen molar-refractivity contribution in [3.8, 4) is 0 Å². The molecule has 1 rings (SSSR count). The highest BCUT2D eigenvalue weighted by Gasteiger charge is 2.41. The number of hydrogen-bond acceptors (Lipinski definition) is 4. The molecule has 4 nitrogen and oxygen atoms in total. The summed E-state index contributed by atoms with van der Waals surface area (Å²) in [5.41, 5.74) is 0. The second kappa shape index (κ2) is 6.09. The summed E-state index contributed by atoms with van der Waals surface area (Å²) in [6.07, 6.45) is 3.02. The summed E-state index contributed by atoms with van der Waals surface area (Å²) >= 11 is 0. The Balaban J connectivity index is 3.14. The van der Waals surface area contributed by atoms with Gasteiger partial charge >= 0.3 is 0 Å². The van der Waals surface area contributed by atoms with Crippen LogP contribution in [0.4, 0.5) is 0 Å². The highest BCUT2D eigenvalue weighted by molar-refractivity contribution is 7.92. The number of rotatable bonds is 7. The smallest absolute Gasteiger partial charge is 0.154 e. The van der Waals surface area contributed by atoms with Gasteiger partial charge in [-0.05, 0) is 38.9 Å². The fourth-order valence-electron chi connectivity index (χ4n) is 1.93. The zero-order valence-electron chi connectivity index (χ0n) is 12.5. The van der Waals surface area contributed by atoms with Crippen molar-refractivity contribution in [2.45, 2.75) is 51.3 Å². The maximum Gasteiger partial charge on any atom is 0.154 e. The molecule has 110 valence electrons. The van der Waals surface area contributed by atoms with Crippen LogP contribution in [0.2, 0.25) is 0 Å². The molecule has 0 bridgehead atoms. The molecule has 0 aliphatic rings. The standard InChI is InChI=1S/C14H25NO3S/c1-6-10-15-13(14(3,4)19(5,16)17)12-9-8-11(7-2)18-12/h8-9,13,15H,6-7,10H2,1-5H3. The predicted octanol–water partition coefficient (Wildman–Crippen LogP) is 2.71. The Kier molecular flexibility index (Phi) is 5.21. The summed E-state index contributed by atoms with van der Waals surface area (Å²) in [4.78, 5) is 0. The van der Waals surface area contributed by atoms with Gasteiger partial charge in [0.2, 0.25) is 0 Å². The van der Waals surface area contributed by atoms with Crippen molar-refractivity contribution >= 4 is 9.84 Å². The molecule has 1 heterocycles. The molecular weight excluding hydrogens is 262 g/mol. The third-order valence-corrected chi connectivity index (χ3v) is 5.71. The molecule has 1 aromatic heterocycles. The van der Waals surface area contributed by atoms with Crippen molar-refractivity contribution in [1.29, 1.82) is 0 Å². The first-order valence-corrected chi connectivity index (χ1v) is 8.64. The van der Waals surface area contributed by atoms with Gasteiger partial charge in [0.25, 0.3) is 0 Å². The minimum Gasteiger partial charge on any atom is -0.464 e. The average molecular weight is 287 g/mol. The molecule has 0 saturated carbocycles. The normalized spacial score (nSPS) is 14.6. The largest absolute Gasteiger partial charge is 0.464 e. The monoisotopic (exact) mass is 287 g/mol. The van der Waals surface area contributed by atoms with Crippen molar-refractivity contribution < 1.29 is 12.8 Å². The van der Waals surface area contributed by atoms with Crippen molar-refractivity contribution in [2.75, 3.05) is 12.8 Å². The summed E-state index contributed by atoms with van der Waals surface area (Å²) in [5, 5.41) is 3.30. The van der Waals surface area contributed by atoms with Crippen LogP contribution in [-0.4, -0.2) is 26.0 Å². The van der Waals surface area contributed by atoms with Gasteiger partial charge < -0.3 is 9.73 Å². The lowest BCUT2D eigenvalue weighted by molar-refractivity contribution is 0.342. The zero-order chi connectivity index (χ0) is 14.7. The van der Waals surface area contributed by atoms with Crippen LogP contribution < -0.4 is 5.32 Å². The summed E-state index contributed by atoms with van der Waals surface area (Å²) in [7, 11) is -3.20. The first-order valence-electron chi connectivity index (χ1n) is 6.75. The van der Waals surface area contributed by atoms with E-state index in [0.717, 1.165) is 25.1 Å². The van der Waals surface area contributed by atoms with E-state index < -0.39 is 14.6 Å². The second-order valence-electron chi connectivity index (χ2n) is 5.42. The quantitative estimate of drug-likeness (QED) is 0.837. The van der Waals surface area contributed by atoms with E-state index in [2.05, 4.69) is 12.2 Å². The molecule has 1 atom stereocenters. The van der Waals surface area contributed by atoms with Crippen molar-refractivity contribution in [1.82, 2.24) is 5.32 Å². The molecule has 19 heavy (non-hydrogen) atoms. The van der Waals surface area contributed by atoms with E-state index in [1.807, 2.05) is 19.1 Å². The second-order valence-corrected chi connectivity index (χ2v) is 8.02. The van der Waals surface area contributed by atoms with Crippen LogP contribution in [0.3, 0.4) is 0 Å². The van der Waals surface area contributed by atoms with Crippen molar-refractivity contribution in [2.24, 2.45) is 0 Å². The average Bonchev–Trinajstić information content (AvgIpc) is 2.76. The minimum atomic E-state index is -3.20. The zero-order valence-corrected chi connectivity index (χ0v) is 13.3. The van der Waals surface area contributed by atoms with Gasteiger partial charge in [-0.2, -0.15) is 0 Å². The Morgan fingerprint density at radius 2 is 1.95 bits per heavy atom. The number of nitrogens with one attached hydrogen (secondary N) is 1. The molecule has 0 aliphatic carbocycles. The van der Waals surface area contributed by atoms with Crippen molar-refractivity contribution in [3.63, 3.8) is 0 Å². The van der Waals surface area contributed by atoms with Gasteiger partial charge in [0, 0.05) is 12.7 Å². The van der Waals surface area contributed by atoms with Crippen LogP contribution in [0.1, 0.15) is 51.7 Å². The van der Waals surface area contributed by atoms with E-state index in [9.17, 15) is 8.42 Å². The van der Waals surface area contributed by atoms with Crippen LogP contribution in [0.25, 0.3) is 0 Å². The van der Waals surface area contributed by atoms with Gasteiger partial charge in [-0.15, -0.1) is 0 Å². The Labute approximate surface area is 116 Å². The molecule has 0 fully saturated rings. The van der Waals surface area contributed by atoms with Gasteiger partial charge in [0.1, 0.15) is 11.5 Å². The van der Waals surface area contributed by atoms with E-state index in [0.29, 0.717) is 5.76 Å². The molecule has 0 spiro atoms. The van der Waals surface area contributed by atoms with E-state index in [1.54, 1.807) is 13.8 Å². The van der Waals surface area contributed by atoms with Crippen LogP contribution >= 0.6 is 0 Å². The Morgan fingerprint density at radius 3 is 2.37 bits per heavy atom. The molecule has 1 aromatic rings. The fourth-order valence-corrected chi connectivity index (χ4v) is 2.56. The Bertz CT molecular complexity index is 503. The molecule has 1 unspecified atom stereocenters. The summed E-state index contributed by atoms with van der Waals surface area (Å²) in [5.74, 6) is 1.57. The summed E-state index contributed by atoms with van der Waals surface area (Å²) < 4.78 is 28.9. The van der Waals surface area contributed by atoms with E-state index in [4.69, 9.17) is 4.42 Å². The first-order chi connectivity index (χ1) is 8.74. The maximum atomic E-state index is 12.0. The third-order valence-electron chi connectivity index (χ3n) is 3.56. The molecule has 0 aromatic carbocycles.